The van der Waals surface area contributed by atoms with E-state index >= 15 is 0 Å². The number of nitrogens with zero attached hydrogens (tertiary/aromatic N) is 1. The first kappa shape index (κ1) is 18.8. The highest BCUT2D eigenvalue weighted by Crippen LogP contribution is 2.30. The Balaban J connectivity index is 3.54. The van der Waals surface area contributed by atoms with Crippen molar-refractivity contribution in [2.24, 2.45) is 0 Å². The van der Waals surface area contributed by atoms with Crippen molar-refractivity contribution in [3.8, 4) is 5.75 Å². The number of ketones is 2. The fraction of sp³-hybridized carbons (Fsp3) is 0.438. The molecule has 0 fully saturated rings. The maximum absolute atomic E-state index is 12.8. The van der Waals surface area contributed by atoms with E-state index in [0.29, 0.717) is 0 Å². The molecule has 0 bridgehead atoms. The van der Waals surface area contributed by atoms with Crippen molar-refractivity contribution in [2.75, 3.05) is 21.1 Å². The summed E-state index contributed by atoms with van der Waals surface area (Å²) >= 11 is 0. The summed E-state index contributed by atoms with van der Waals surface area (Å²) < 4.78 is -0.168. The van der Waals surface area contributed by atoms with E-state index in [-0.39, 0.29) is 10.0 Å². The molecule has 0 spiro atoms. The molecule has 0 aromatic heterocycles. The number of quaternary nitrogens is 1. The van der Waals surface area contributed by atoms with Crippen LogP contribution in [0.3, 0.4) is 0 Å². The molecule has 1 rings (SSSR count). The average molecular weight is 323 g/mol. The highest BCUT2D eigenvalue weighted by Gasteiger charge is 2.54. The van der Waals surface area contributed by atoms with Crippen LogP contribution in [-0.2, 0) is 9.59 Å². The number of rotatable bonds is 7. The largest absolute Gasteiger partial charge is 0.550 e. The van der Waals surface area contributed by atoms with Gasteiger partial charge in [-0.1, -0.05) is 12.1 Å². The van der Waals surface area contributed by atoms with Gasteiger partial charge in [0.2, 0.25) is 5.78 Å². The minimum absolute atomic E-state index is 0.168. The molecule has 0 radical (unpaired) electrons. The molecule has 0 aliphatic carbocycles. The number of benzene rings is 1. The monoisotopic (exact) mass is 323 g/mol. The number of phenols is 1. The average Bonchev–Trinajstić information content (AvgIpc) is 2.35. The van der Waals surface area contributed by atoms with Gasteiger partial charge in [0.1, 0.15) is 5.75 Å². The highest BCUT2D eigenvalue weighted by atomic mass is 16.4. The number of carbonyl (C=O) groups is 3. The molecule has 0 aliphatic heterocycles. The van der Waals surface area contributed by atoms with Crippen LogP contribution in [0.4, 0.5) is 0 Å². The molecular formula is C16H21NO6. The SMILES string of the molecule is CC(=O)C(C(O)(CC(=O)[O-])C(=O)c1ccccc1O)[N+](C)(C)C. The van der Waals surface area contributed by atoms with Crippen molar-refractivity contribution in [3.63, 3.8) is 0 Å². The number of aliphatic hydroxyl groups is 1. The van der Waals surface area contributed by atoms with Gasteiger partial charge in [0, 0.05) is 19.3 Å². The van der Waals surface area contributed by atoms with Crippen molar-refractivity contribution in [2.45, 2.75) is 25.0 Å². The summed E-state index contributed by atoms with van der Waals surface area (Å²) in [5.74, 6) is -3.66. The molecule has 0 aliphatic rings. The van der Waals surface area contributed by atoms with Crippen LogP contribution in [0.25, 0.3) is 0 Å². The summed E-state index contributed by atoms with van der Waals surface area (Å²) in [6.07, 6.45) is -1.06. The maximum atomic E-state index is 12.8. The quantitative estimate of drug-likeness (QED) is 0.497. The number of hydrogen-bond acceptors (Lipinski definition) is 6. The minimum Gasteiger partial charge on any atom is -0.550 e. The topological polar surface area (TPSA) is 115 Å². The highest BCUT2D eigenvalue weighted by molar-refractivity contribution is 6.09. The molecule has 7 nitrogen and oxygen atoms in total. The number of aromatic hydroxyl groups is 1. The van der Waals surface area contributed by atoms with Crippen molar-refractivity contribution < 1.29 is 34.2 Å². The zero-order valence-corrected chi connectivity index (χ0v) is 13.6. The van der Waals surface area contributed by atoms with E-state index in [1.807, 2.05) is 0 Å². The van der Waals surface area contributed by atoms with E-state index < -0.39 is 41.3 Å². The van der Waals surface area contributed by atoms with Gasteiger partial charge in [0.05, 0.1) is 26.7 Å². The summed E-state index contributed by atoms with van der Waals surface area (Å²) in [6.45, 7) is 1.17. The minimum atomic E-state index is -2.54. The van der Waals surface area contributed by atoms with E-state index in [1.54, 1.807) is 21.1 Å². The van der Waals surface area contributed by atoms with Crippen molar-refractivity contribution in [1.82, 2.24) is 0 Å². The number of carbonyl (C=O) groups excluding carboxylic acids is 3. The first-order valence-electron chi connectivity index (χ1n) is 6.98. The Hall–Kier alpha value is -2.25. The second-order valence-electron chi connectivity index (χ2n) is 6.45. The summed E-state index contributed by atoms with van der Waals surface area (Å²) in [7, 11) is 4.68. The van der Waals surface area contributed by atoms with Crippen LogP contribution in [0.15, 0.2) is 24.3 Å². The predicted molar refractivity (Wildman–Crippen MR) is 79.5 cm³/mol. The van der Waals surface area contributed by atoms with Crippen LogP contribution in [0, 0.1) is 0 Å². The Labute approximate surface area is 134 Å². The zero-order chi connectivity index (χ0) is 18.0. The molecule has 1 aromatic rings. The second-order valence-corrected chi connectivity index (χ2v) is 6.45. The smallest absolute Gasteiger partial charge is 0.205 e. The maximum Gasteiger partial charge on any atom is 0.205 e. The van der Waals surface area contributed by atoms with E-state index in [0.717, 1.165) is 0 Å². The summed E-state index contributed by atoms with van der Waals surface area (Å²) in [5, 5.41) is 31.8. The Morgan fingerprint density at radius 3 is 2.13 bits per heavy atom. The van der Waals surface area contributed by atoms with Gasteiger partial charge in [-0.3, -0.25) is 9.59 Å². The Morgan fingerprint density at radius 1 is 1.22 bits per heavy atom. The first-order valence-corrected chi connectivity index (χ1v) is 6.98. The van der Waals surface area contributed by atoms with Crippen LogP contribution >= 0.6 is 0 Å². The van der Waals surface area contributed by atoms with Crippen LogP contribution in [0.5, 0.6) is 5.75 Å². The number of aliphatic carboxylic acids is 1. The van der Waals surface area contributed by atoms with Crippen LogP contribution < -0.4 is 5.11 Å². The van der Waals surface area contributed by atoms with Gasteiger partial charge in [-0.25, -0.2) is 0 Å². The standard InChI is InChI=1S/C16H21NO6/c1-10(18)14(17(2,3)4)16(23,9-13(20)21)15(22)11-7-5-6-8-12(11)19/h5-8,14,23H,9H2,1-4H3,(H-,19,20,21,22). The van der Waals surface area contributed by atoms with E-state index in [4.69, 9.17) is 0 Å². The lowest BCUT2D eigenvalue weighted by Gasteiger charge is -2.42. The number of hydrogen-bond donors (Lipinski definition) is 2. The fourth-order valence-corrected chi connectivity index (χ4v) is 2.94. The van der Waals surface area contributed by atoms with Crippen molar-refractivity contribution in [1.29, 1.82) is 0 Å². The van der Waals surface area contributed by atoms with Gasteiger partial charge in [0.15, 0.2) is 17.4 Å². The lowest BCUT2D eigenvalue weighted by atomic mass is 9.79. The third-order valence-corrected chi connectivity index (χ3v) is 3.57. The molecule has 7 heteroatoms. The van der Waals surface area contributed by atoms with Gasteiger partial charge in [-0.2, -0.15) is 0 Å². The Bertz CT molecular complexity index is 634. The molecule has 2 N–H and O–H groups in total. The second kappa shape index (κ2) is 6.47. The molecule has 23 heavy (non-hydrogen) atoms. The van der Waals surface area contributed by atoms with Gasteiger partial charge >= 0.3 is 0 Å². The number of para-hydroxylation sites is 1. The molecule has 1 aromatic carbocycles. The van der Waals surface area contributed by atoms with Gasteiger partial charge in [0.25, 0.3) is 0 Å². The Morgan fingerprint density at radius 2 is 1.74 bits per heavy atom. The summed E-state index contributed by atoms with van der Waals surface area (Å²) in [4.78, 5) is 35.9. The normalized spacial score (nSPS) is 15.5. The lowest BCUT2D eigenvalue weighted by Crippen LogP contribution is -2.66. The van der Waals surface area contributed by atoms with Crippen molar-refractivity contribution in [3.05, 3.63) is 29.8 Å². The summed E-state index contributed by atoms with van der Waals surface area (Å²) in [6, 6.07) is 4.09. The summed E-state index contributed by atoms with van der Waals surface area (Å²) in [5.41, 5.74) is -2.79. The molecule has 0 amide bonds. The number of carboxylic acids is 1. The lowest BCUT2D eigenvalue weighted by molar-refractivity contribution is -0.892. The van der Waals surface area contributed by atoms with E-state index in [1.165, 1.54) is 31.2 Å². The third-order valence-electron chi connectivity index (χ3n) is 3.57. The molecule has 0 heterocycles. The molecule has 2 unspecified atom stereocenters. The number of phenolic OH excluding ortho intramolecular Hbond substituents is 1. The zero-order valence-electron chi connectivity index (χ0n) is 13.6. The predicted octanol–water partition coefficient (Wildman–Crippen LogP) is -0.890. The van der Waals surface area contributed by atoms with Crippen LogP contribution in [0.1, 0.15) is 23.7 Å². The Kier molecular flexibility index (Phi) is 5.29. The van der Waals surface area contributed by atoms with Crippen LogP contribution in [0.2, 0.25) is 0 Å². The number of carboxylic acid groups (broad SMARTS) is 1. The van der Waals surface area contributed by atoms with E-state index in [2.05, 4.69) is 0 Å². The number of likely N-dealkylation sites (N-methyl/N-ethyl adjacent to an activating group) is 1. The van der Waals surface area contributed by atoms with E-state index in [9.17, 15) is 29.7 Å². The first-order chi connectivity index (χ1) is 10.4. The van der Waals surface area contributed by atoms with Gasteiger partial charge in [-0.15, -0.1) is 0 Å². The van der Waals surface area contributed by atoms with Gasteiger partial charge in [-0.05, 0) is 12.1 Å². The third kappa shape index (κ3) is 3.94. The van der Waals surface area contributed by atoms with Crippen LogP contribution in [-0.4, -0.2) is 65.0 Å². The molecule has 126 valence electrons. The molecule has 0 saturated carbocycles. The van der Waals surface area contributed by atoms with Crippen molar-refractivity contribution >= 4 is 17.5 Å². The molecular weight excluding hydrogens is 302 g/mol. The number of Topliss-reactive ketones (excluding diaryl/α,β-unsaturated/α-hetero) is 2. The fourth-order valence-electron chi connectivity index (χ4n) is 2.94. The van der Waals surface area contributed by atoms with Gasteiger partial charge < -0.3 is 24.6 Å². The molecule has 2 atom stereocenters. The molecule has 0 saturated heterocycles.